The Morgan fingerprint density at radius 1 is 1.45 bits per heavy atom. The number of carbonyl (C=O) groups is 1. The fourth-order valence-corrected chi connectivity index (χ4v) is 0.526. The van der Waals surface area contributed by atoms with Gasteiger partial charge in [-0.05, 0) is 0 Å². The molecule has 0 bridgehead atoms. The molecule has 2 N–H and O–H groups in total. The third-order valence-corrected chi connectivity index (χ3v) is 1.00. The number of hydrogen-bond acceptors (Lipinski definition) is 5. The second-order valence-corrected chi connectivity index (χ2v) is 2.64. The third-order valence-electron chi connectivity index (χ3n) is 0.402. The van der Waals surface area contributed by atoms with E-state index in [1.807, 2.05) is 0 Å². The Morgan fingerprint density at radius 2 is 1.82 bits per heavy atom. The van der Waals surface area contributed by atoms with Crippen molar-refractivity contribution >= 4 is 16.1 Å². The minimum absolute atomic E-state index is 0. The van der Waals surface area contributed by atoms with Gasteiger partial charge in [-0.1, -0.05) is 0 Å². The SMILES string of the molecule is O=C(CS(=O)(=O)O)OO.[H-].[H-].[Na+].[Na+]. The van der Waals surface area contributed by atoms with Gasteiger partial charge in [0.15, 0.2) is 5.75 Å². The van der Waals surface area contributed by atoms with Crippen molar-refractivity contribution in [3.8, 4) is 0 Å². The maximum atomic E-state index is 9.82. The molecule has 0 radical (unpaired) electrons. The van der Waals surface area contributed by atoms with Gasteiger partial charge in [0.1, 0.15) is 0 Å². The predicted molar refractivity (Wildman–Crippen MR) is 27.4 cm³/mol. The average Bonchev–Trinajstić information content (AvgIpc) is 1.62. The van der Waals surface area contributed by atoms with E-state index in [1.54, 1.807) is 0 Å². The molecule has 0 atom stereocenters. The smallest absolute Gasteiger partial charge is 1.00 e. The van der Waals surface area contributed by atoms with Gasteiger partial charge >= 0.3 is 65.1 Å². The molecule has 0 unspecified atom stereocenters. The maximum Gasteiger partial charge on any atom is 1.00 e. The topological polar surface area (TPSA) is 101 Å². The Morgan fingerprint density at radius 3 is 1.91 bits per heavy atom. The van der Waals surface area contributed by atoms with Gasteiger partial charge in [-0.2, -0.15) is 13.7 Å². The molecule has 0 spiro atoms. The van der Waals surface area contributed by atoms with Crippen molar-refractivity contribution in [2.45, 2.75) is 0 Å². The zero-order chi connectivity index (χ0) is 7.49. The average molecular weight is 204 g/mol. The Kier molecular flexibility index (Phi) is 13.2. The molecule has 58 valence electrons. The van der Waals surface area contributed by atoms with Crippen LogP contribution in [-0.4, -0.2) is 29.9 Å². The van der Waals surface area contributed by atoms with Crippen molar-refractivity contribution < 1.29 is 89.9 Å². The predicted octanol–water partition coefficient (Wildman–Crippen LogP) is -6.88. The van der Waals surface area contributed by atoms with E-state index in [0.29, 0.717) is 0 Å². The van der Waals surface area contributed by atoms with Crippen LogP contribution in [0.15, 0.2) is 0 Å². The van der Waals surface area contributed by atoms with Gasteiger partial charge in [-0.25, -0.2) is 4.79 Å². The van der Waals surface area contributed by atoms with Crippen molar-refractivity contribution in [2.75, 3.05) is 5.75 Å². The molecule has 0 aromatic rings. The molecule has 0 fully saturated rings. The summed E-state index contributed by atoms with van der Waals surface area (Å²) < 4.78 is 27.4. The Bertz CT molecular complexity index is 205. The first-order valence-corrected chi connectivity index (χ1v) is 3.36. The largest absolute Gasteiger partial charge is 1.00 e. The van der Waals surface area contributed by atoms with Crippen LogP contribution >= 0.6 is 0 Å². The minimum atomic E-state index is -4.37. The van der Waals surface area contributed by atoms with E-state index < -0.39 is 21.8 Å². The summed E-state index contributed by atoms with van der Waals surface area (Å²) in [7, 11) is -4.37. The quantitative estimate of drug-likeness (QED) is 0.201. The van der Waals surface area contributed by atoms with Crippen LogP contribution in [0, 0.1) is 0 Å². The van der Waals surface area contributed by atoms with Gasteiger partial charge in [0.05, 0.1) is 0 Å². The fraction of sp³-hybridized carbons (Fsp3) is 0.500. The molecule has 9 heteroatoms. The van der Waals surface area contributed by atoms with Crippen molar-refractivity contribution in [1.82, 2.24) is 0 Å². The molecule has 0 heterocycles. The second kappa shape index (κ2) is 7.96. The molecule has 0 aromatic heterocycles. The molecule has 0 aliphatic carbocycles. The van der Waals surface area contributed by atoms with Crippen LogP contribution in [0.5, 0.6) is 0 Å². The van der Waals surface area contributed by atoms with E-state index in [2.05, 4.69) is 4.89 Å². The van der Waals surface area contributed by atoms with E-state index in [1.165, 1.54) is 0 Å². The van der Waals surface area contributed by atoms with Crippen molar-refractivity contribution in [1.29, 1.82) is 0 Å². The van der Waals surface area contributed by atoms with E-state index >= 15 is 0 Å². The molecular weight excluding hydrogens is 198 g/mol. The summed E-state index contributed by atoms with van der Waals surface area (Å²) in [6, 6.07) is 0. The normalized spacial score (nSPS) is 8.91. The first-order valence-electron chi connectivity index (χ1n) is 1.75. The second-order valence-electron chi connectivity index (χ2n) is 1.19. The number of rotatable bonds is 2. The van der Waals surface area contributed by atoms with Gasteiger partial charge in [-0.15, -0.1) is 0 Å². The maximum absolute atomic E-state index is 9.82. The van der Waals surface area contributed by atoms with Gasteiger partial charge in [0.25, 0.3) is 10.1 Å². The number of carbonyl (C=O) groups excluding carboxylic acids is 1. The Hall–Kier alpha value is 1.34. The fourth-order valence-electron chi connectivity index (χ4n) is 0.175. The summed E-state index contributed by atoms with van der Waals surface area (Å²) in [5.74, 6) is -2.65. The zero-order valence-electron chi connectivity index (χ0n) is 8.14. The van der Waals surface area contributed by atoms with Gasteiger partial charge in [0, 0.05) is 0 Å². The summed E-state index contributed by atoms with van der Waals surface area (Å²) in [4.78, 5) is 12.8. The molecular formula is C2H6Na2O6S. The van der Waals surface area contributed by atoms with Crippen LogP contribution in [0.3, 0.4) is 0 Å². The first kappa shape index (κ1) is 18.2. The third kappa shape index (κ3) is 14.2. The van der Waals surface area contributed by atoms with Crippen LogP contribution < -0.4 is 59.1 Å². The summed E-state index contributed by atoms with van der Waals surface area (Å²) in [6.45, 7) is 0. The van der Waals surface area contributed by atoms with Crippen molar-refractivity contribution in [2.24, 2.45) is 0 Å². The molecule has 0 aliphatic heterocycles. The Balaban J connectivity index is -0.0000000533. The van der Waals surface area contributed by atoms with E-state index in [9.17, 15) is 13.2 Å². The molecule has 0 aromatic carbocycles. The molecule has 0 amide bonds. The zero-order valence-corrected chi connectivity index (χ0v) is 11.0. The van der Waals surface area contributed by atoms with Crippen molar-refractivity contribution in [3.05, 3.63) is 0 Å². The van der Waals surface area contributed by atoms with E-state index in [4.69, 9.17) is 9.81 Å². The van der Waals surface area contributed by atoms with Gasteiger partial charge < -0.3 is 2.85 Å². The molecule has 0 saturated heterocycles. The molecule has 0 aliphatic rings. The summed E-state index contributed by atoms with van der Waals surface area (Å²) in [5.41, 5.74) is 0. The van der Waals surface area contributed by atoms with Crippen molar-refractivity contribution in [3.63, 3.8) is 0 Å². The summed E-state index contributed by atoms with van der Waals surface area (Å²) in [5, 5.41) is 7.47. The van der Waals surface area contributed by atoms with Crippen LogP contribution in [0.25, 0.3) is 0 Å². The van der Waals surface area contributed by atoms with E-state index in [0.717, 1.165) is 0 Å². The van der Waals surface area contributed by atoms with Crippen LogP contribution in [-0.2, 0) is 19.8 Å². The standard InChI is InChI=1S/C2H4O6S.2Na.2H/c3-2(8-4)1-9(5,6)7;;;;/h4H,1H2,(H,5,6,7);;;;/q;2*+1;2*-1. The molecule has 0 saturated carbocycles. The van der Waals surface area contributed by atoms with Crippen LogP contribution in [0.2, 0.25) is 0 Å². The minimum Gasteiger partial charge on any atom is -1.00 e. The summed E-state index contributed by atoms with van der Waals surface area (Å²) in [6.07, 6.45) is 0. The Labute approximate surface area is 111 Å². The van der Waals surface area contributed by atoms with Gasteiger partial charge in [-0.3, -0.25) is 9.44 Å². The number of hydrogen-bond donors (Lipinski definition) is 2. The summed E-state index contributed by atoms with van der Waals surface area (Å²) >= 11 is 0. The molecule has 11 heavy (non-hydrogen) atoms. The first-order chi connectivity index (χ1) is 3.95. The molecule has 0 rings (SSSR count). The molecule has 6 nitrogen and oxygen atoms in total. The monoisotopic (exact) mass is 204 g/mol. The van der Waals surface area contributed by atoms with Crippen LogP contribution in [0.4, 0.5) is 0 Å². The van der Waals surface area contributed by atoms with Crippen LogP contribution in [0.1, 0.15) is 2.85 Å². The van der Waals surface area contributed by atoms with Gasteiger partial charge in [0.2, 0.25) is 0 Å². The van der Waals surface area contributed by atoms with E-state index in [-0.39, 0.29) is 62.0 Å².